The van der Waals surface area contributed by atoms with Crippen LogP contribution in [-0.4, -0.2) is 12.1 Å². The molecule has 0 N–H and O–H groups in total. The molecule has 0 aromatic heterocycles. The van der Waals surface area contributed by atoms with Gasteiger partial charge in [0.05, 0.1) is 0 Å². The van der Waals surface area contributed by atoms with Crippen LogP contribution in [-0.2, 0) is 17.4 Å². The van der Waals surface area contributed by atoms with E-state index in [4.69, 9.17) is 0 Å². The number of benzene rings is 5. The number of halogens is 2. The second kappa shape index (κ2) is 13.7. The maximum atomic E-state index is 2.76. The average Bonchev–Trinajstić information content (AvgIpc) is 3.73. The molecule has 0 fully saturated rings. The number of thioether (sulfide) groups is 1. The summed E-state index contributed by atoms with van der Waals surface area (Å²) >= 11 is -1.72. The minimum absolute atomic E-state index is 0. The summed E-state index contributed by atoms with van der Waals surface area (Å²) in [7, 11) is 0. The molecule has 0 amide bonds. The van der Waals surface area contributed by atoms with Crippen LogP contribution in [0.4, 0.5) is 0 Å². The fourth-order valence-electron chi connectivity index (χ4n) is 9.12. The second-order valence-corrected chi connectivity index (χ2v) is 46.1. The third kappa shape index (κ3) is 5.96. The van der Waals surface area contributed by atoms with E-state index < -0.39 is 17.4 Å². The van der Waals surface area contributed by atoms with E-state index in [1.807, 2.05) is 0 Å². The van der Waals surface area contributed by atoms with Crippen molar-refractivity contribution in [1.82, 2.24) is 0 Å². The zero-order valence-corrected chi connectivity index (χ0v) is 36.1. The number of hydrogen-bond acceptors (Lipinski definition) is 1. The van der Waals surface area contributed by atoms with Crippen molar-refractivity contribution in [3.05, 3.63) is 163 Å². The van der Waals surface area contributed by atoms with Gasteiger partial charge in [0.2, 0.25) is 0 Å². The van der Waals surface area contributed by atoms with Gasteiger partial charge in [-0.15, -0.1) is 24.8 Å². The number of rotatable bonds is 6. The van der Waals surface area contributed by atoms with Gasteiger partial charge in [-0.25, -0.2) is 0 Å². The summed E-state index contributed by atoms with van der Waals surface area (Å²) in [4.78, 5) is 1.59. The van der Waals surface area contributed by atoms with Gasteiger partial charge in [0.15, 0.2) is 0 Å². The number of hydrogen-bond donors (Lipinski definition) is 0. The summed E-state index contributed by atoms with van der Waals surface area (Å²) in [5, 5.41) is 3.10. The van der Waals surface area contributed by atoms with E-state index in [9.17, 15) is 0 Å². The van der Waals surface area contributed by atoms with Crippen LogP contribution in [0.1, 0.15) is 48.0 Å². The quantitative estimate of drug-likeness (QED) is 0.154. The Balaban J connectivity index is 0.00000216. The Bertz CT molecular complexity index is 2340. The molecule has 50 heavy (non-hydrogen) atoms. The van der Waals surface area contributed by atoms with Gasteiger partial charge >= 0.3 is 295 Å². The molecule has 0 spiro atoms. The summed E-state index contributed by atoms with van der Waals surface area (Å²) in [6, 6.07) is 42.8. The van der Waals surface area contributed by atoms with Crippen molar-refractivity contribution in [2.24, 2.45) is 5.92 Å². The van der Waals surface area contributed by atoms with Crippen molar-refractivity contribution in [2.45, 2.75) is 45.8 Å². The first-order valence-electron chi connectivity index (χ1n) is 17.4. The van der Waals surface area contributed by atoms with E-state index in [1.54, 1.807) is 13.8 Å². The van der Waals surface area contributed by atoms with Crippen LogP contribution in [0.3, 0.4) is 0 Å². The Morgan fingerprint density at radius 2 is 1.32 bits per heavy atom. The molecule has 0 radical (unpaired) electrons. The third-order valence-corrected chi connectivity index (χ3v) is 29.0. The largest absolute Gasteiger partial charge is 0.147 e. The summed E-state index contributed by atoms with van der Waals surface area (Å²) in [6.45, 7) is 12.1. The van der Waals surface area contributed by atoms with Crippen molar-refractivity contribution in [3.8, 4) is 22.3 Å². The fraction of sp³-hybridized carbons (Fsp3) is 0.200. The fourth-order valence-corrected chi connectivity index (χ4v) is 31.9. The van der Waals surface area contributed by atoms with Crippen LogP contribution in [0.25, 0.3) is 44.7 Å². The molecular weight excluding hydrogens is 763 g/mol. The van der Waals surface area contributed by atoms with Crippen molar-refractivity contribution < 1.29 is 17.4 Å². The minimum Gasteiger partial charge on any atom is -0.147 e. The summed E-state index contributed by atoms with van der Waals surface area (Å²) in [5.74, 6) is 0.466. The predicted octanol–water partition coefficient (Wildman–Crippen LogP) is 13.2. The van der Waals surface area contributed by atoms with Gasteiger partial charge in [-0.05, 0) is 0 Å². The van der Waals surface area contributed by atoms with Gasteiger partial charge in [0, 0.05) is 0 Å². The zero-order valence-electron chi connectivity index (χ0n) is 29.8. The molecule has 0 nitrogen and oxygen atoms in total. The molecule has 1 heterocycles. The van der Waals surface area contributed by atoms with Gasteiger partial charge in [0.1, 0.15) is 0 Å². The molecule has 254 valence electrons. The normalized spacial score (nSPS) is 18.5. The van der Waals surface area contributed by atoms with Crippen LogP contribution in [0.5, 0.6) is 0 Å². The molecule has 0 saturated heterocycles. The number of fused-ring (bicyclic) bond motifs is 3. The van der Waals surface area contributed by atoms with Crippen molar-refractivity contribution >= 4 is 65.9 Å². The molecule has 1 aliphatic heterocycles. The Kier molecular flexibility index (Phi) is 10.2. The molecule has 3 aliphatic rings. The maximum absolute atomic E-state index is 3.86. The summed E-state index contributed by atoms with van der Waals surface area (Å²) in [6.07, 6.45) is 5.18. The van der Waals surface area contributed by atoms with E-state index >= 15 is 0 Å². The Hall–Kier alpha value is -2.65. The van der Waals surface area contributed by atoms with Crippen molar-refractivity contribution in [2.75, 3.05) is 0 Å². The third-order valence-electron chi connectivity index (χ3n) is 11.0. The molecular formula is C45H46Cl2SSiZr. The van der Waals surface area contributed by atoms with E-state index in [1.165, 1.54) is 66.4 Å². The van der Waals surface area contributed by atoms with Crippen LogP contribution in [0, 0.1) is 5.92 Å². The minimum atomic E-state index is -3.86. The van der Waals surface area contributed by atoms with E-state index in [2.05, 4.69) is 183 Å². The summed E-state index contributed by atoms with van der Waals surface area (Å²) < 4.78 is 7.71. The molecule has 0 bridgehead atoms. The van der Waals surface area contributed by atoms with Gasteiger partial charge < -0.3 is 0 Å². The SMILES string of the molecule is CC1=Cc2c(-c3ccccc3)cc(-c3ccccc3)cc2[CH]1[Zr]([CH3])([CH3])(=[SiH2])[C]1=C2SC(C)C(c3cccc4ccccc34)=C2C=C1C(C)C.Cl.Cl. The zero-order chi connectivity index (χ0) is 33.4. The van der Waals surface area contributed by atoms with Crippen molar-refractivity contribution in [1.29, 1.82) is 0 Å². The smallest absolute Gasteiger partial charge is 0.147 e. The molecule has 2 atom stereocenters. The predicted molar refractivity (Wildman–Crippen MR) is 226 cm³/mol. The topological polar surface area (TPSA) is 0 Å². The monoisotopic (exact) mass is 806 g/mol. The van der Waals surface area contributed by atoms with E-state index in [0.29, 0.717) is 14.8 Å². The van der Waals surface area contributed by atoms with Gasteiger partial charge in [-0.2, -0.15) is 0 Å². The molecule has 5 aromatic rings. The molecule has 5 heteroatoms. The maximum Gasteiger partial charge on any atom is -0.147 e. The first-order chi connectivity index (χ1) is 23.0. The molecule has 5 aromatic carbocycles. The summed E-state index contributed by atoms with van der Waals surface area (Å²) in [5.41, 5.74) is 15.8. The van der Waals surface area contributed by atoms with Crippen LogP contribution >= 0.6 is 36.6 Å². The Morgan fingerprint density at radius 3 is 2.00 bits per heavy atom. The first kappa shape index (κ1) is 37.1. The molecule has 8 rings (SSSR count). The van der Waals surface area contributed by atoms with Gasteiger partial charge in [-0.3, -0.25) is 0 Å². The van der Waals surface area contributed by atoms with Gasteiger partial charge in [0.25, 0.3) is 0 Å². The molecule has 2 aliphatic carbocycles. The van der Waals surface area contributed by atoms with Crippen molar-refractivity contribution in [3.63, 3.8) is 0 Å². The average molecular weight is 809 g/mol. The second-order valence-electron chi connectivity index (χ2n) is 15.5. The Labute approximate surface area is 317 Å². The molecule has 2 unspecified atom stereocenters. The number of allylic oxidation sites excluding steroid dienone is 5. The van der Waals surface area contributed by atoms with E-state index in [-0.39, 0.29) is 24.8 Å². The van der Waals surface area contributed by atoms with Gasteiger partial charge in [-0.1, -0.05) is 0 Å². The van der Waals surface area contributed by atoms with E-state index in [0.717, 1.165) is 0 Å². The molecule has 0 saturated carbocycles. The Morgan fingerprint density at radius 1 is 0.700 bits per heavy atom. The first-order valence-corrected chi connectivity index (χ1v) is 31.8. The van der Waals surface area contributed by atoms with Crippen LogP contribution in [0.15, 0.2) is 146 Å². The standard InChI is InChI=1S/C22H17.C21H19S.2CH3.2ClH.H2Si.Zr/c1-16-12-20-14-19(17-8-4-2-5-9-17)15-22(21(20)13-16)18-10-6-3-7-11-18;1-13(2)16-11-19-20(12-16)22-14(3)21(19)18-10-6-8-15-7-4-5-9-17(15)18;;;;;;/h2-15H,1H3;4-11,13-14H,1-3H3;2*1H3;2*1H;1H2;. The van der Waals surface area contributed by atoms with Crippen LogP contribution in [0.2, 0.25) is 9.26 Å². The van der Waals surface area contributed by atoms with Crippen LogP contribution < -0.4 is 0 Å².